The van der Waals surface area contributed by atoms with Crippen LogP contribution in [-0.4, -0.2) is 37.7 Å². The summed E-state index contributed by atoms with van der Waals surface area (Å²) in [6, 6.07) is 10.8. The van der Waals surface area contributed by atoms with Crippen molar-refractivity contribution >= 4 is 28.4 Å². The van der Waals surface area contributed by atoms with Crippen molar-refractivity contribution in [3.63, 3.8) is 0 Å². The largest absolute Gasteiger partial charge is 0.331 e. The number of likely N-dealkylation sites (tertiary alicyclic amines) is 1. The molecule has 0 saturated carbocycles. The molecule has 0 spiro atoms. The number of benzene rings is 2. The quantitative estimate of drug-likeness (QED) is 0.439. The third kappa shape index (κ3) is 4.34. The molecule has 1 unspecified atom stereocenters. The van der Waals surface area contributed by atoms with Crippen LogP contribution in [-0.2, 0) is 41.4 Å². The van der Waals surface area contributed by atoms with Gasteiger partial charge < -0.3 is 10.2 Å². The van der Waals surface area contributed by atoms with Gasteiger partial charge in [0.1, 0.15) is 0 Å². The van der Waals surface area contributed by atoms with E-state index in [1.165, 1.54) is 28.5 Å². The second kappa shape index (κ2) is 9.62. The Morgan fingerprint density at radius 2 is 1.62 bits per heavy atom. The van der Waals surface area contributed by atoms with E-state index in [9.17, 15) is 18.0 Å². The van der Waals surface area contributed by atoms with Crippen molar-refractivity contribution < 1.29 is 18.0 Å². The normalized spacial score (nSPS) is 19.3. The van der Waals surface area contributed by atoms with Crippen LogP contribution in [0.1, 0.15) is 58.3 Å². The van der Waals surface area contributed by atoms with Crippen LogP contribution in [0, 0.1) is 0 Å². The predicted molar refractivity (Wildman–Crippen MR) is 131 cm³/mol. The lowest BCUT2D eigenvalue weighted by Gasteiger charge is -2.27. The molecular weight excluding hydrogens is 450 g/mol. The highest BCUT2D eigenvalue weighted by Crippen LogP contribution is 2.39. The Morgan fingerprint density at radius 1 is 0.941 bits per heavy atom. The highest BCUT2D eigenvalue weighted by atomic mass is 32.2. The van der Waals surface area contributed by atoms with Crippen LogP contribution < -0.4 is 10.0 Å². The Labute approximate surface area is 201 Å². The monoisotopic (exact) mass is 479 g/mol. The molecule has 1 fully saturated rings. The summed E-state index contributed by atoms with van der Waals surface area (Å²) in [6.07, 6.45) is 8.66. The summed E-state index contributed by atoms with van der Waals surface area (Å²) < 4.78 is 24.9. The fourth-order valence-electron chi connectivity index (χ4n) is 5.67. The van der Waals surface area contributed by atoms with E-state index < -0.39 is 16.9 Å². The average molecular weight is 480 g/mol. The molecule has 1 saturated heterocycles. The van der Waals surface area contributed by atoms with E-state index in [1.807, 2.05) is 18.2 Å². The third-order valence-electron chi connectivity index (χ3n) is 7.19. The van der Waals surface area contributed by atoms with Gasteiger partial charge in [0, 0.05) is 24.0 Å². The number of nitrogens with one attached hydrogen (secondary N) is 2. The highest BCUT2D eigenvalue weighted by Gasteiger charge is 2.36. The van der Waals surface area contributed by atoms with E-state index in [0.29, 0.717) is 18.5 Å². The number of hydrogen-bond acceptors (Lipinski definition) is 4. The first kappa shape index (κ1) is 22.7. The maximum absolute atomic E-state index is 13.7. The summed E-state index contributed by atoms with van der Waals surface area (Å²) in [5.41, 5.74) is 6.76. The maximum atomic E-state index is 13.7. The SMILES string of the molecule is O=C(Nc1c2c(cc3c1CCC3)CCC2)C(=CN[SH](=O)=O)C1CCCN1C(=O)c1ccccc1. The topological polar surface area (TPSA) is 95.6 Å². The van der Waals surface area contributed by atoms with Gasteiger partial charge in [-0.3, -0.25) is 14.3 Å². The van der Waals surface area contributed by atoms with Crippen molar-refractivity contribution in [2.75, 3.05) is 11.9 Å². The van der Waals surface area contributed by atoms with Gasteiger partial charge in [-0.05, 0) is 85.8 Å². The molecule has 178 valence electrons. The third-order valence-corrected chi connectivity index (χ3v) is 7.53. The zero-order valence-electron chi connectivity index (χ0n) is 19.0. The van der Waals surface area contributed by atoms with E-state index in [4.69, 9.17) is 0 Å². The lowest BCUT2D eigenvalue weighted by molar-refractivity contribution is -0.113. The van der Waals surface area contributed by atoms with Gasteiger partial charge in [0.2, 0.25) is 10.9 Å². The fourth-order valence-corrected chi connectivity index (χ4v) is 5.91. The molecular formula is C26H29N3O4S. The van der Waals surface area contributed by atoms with Gasteiger partial charge in [-0.15, -0.1) is 0 Å². The van der Waals surface area contributed by atoms with Crippen LogP contribution in [0.4, 0.5) is 5.69 Å². The summed E-state index contributed by atoms with van der Waals surface area (Å²) in [5.74, 6) is -0.508. The first-order valence-corrected chi connectivity index (χ1v) is 13.1. The first-order chi connectivity index (χ1) is 16.5. The van der Waals surface area contributed by atoms with Crippen LogP contribution in [0.2, 0.25) is 0 Å². The lowest BCUT2D eigenvalue weighted by atomic mass is 9.97. The molecule has 1 aliphatic heterocycles. The van der Waals surface area contributed by atoms with Gasteiger partial charge in [0.05, 0.1) is 11.6 Å². The molecule has 2 aliphatic carbocycles. The highest BCUT2D eigenvalue weighted by molar-refractivity contribution is 7.70. The van der Waals surface area contributed by atoms with E-state index >= 15 is 0 Å². The number of rotatable bonds is 6. The number of anilines is 1. The minimum absolute atomic E-state index is 0.158. The second-order valence-electron chi connectivity index (χ2n) is 9.20. The van der Waals surface area contributed by atoms with Crippen LogP contribution >= 0.6 is 0 Å². The summed E-state index contributed by atoms with van der Waals surface area (Å²) >= 11 is 0. The van der Waals surface area contributed by atoms with Crippen LogP contribution in [0.5, 0.6) is 0 Å². The fraction of sp³-hybridized carbons (Fsp3) is 0.385. The van der Waals surface area contributed by atoms with Gasteiger partial charge in [-0.25, -0.2) is 8.42 Å². The predicted octanol–water partition coefficient (Wildman–Crippen LogP) is 2.91. The number of carbonyl (C=O) groups is 2. The smallest absolute Gasteiger partial charge is 0.255 e. The number of hydrogen-bond donors (Lipinski definition) is 3. The molecule has 0 aromatic heterocycles. The molecule has 2 aromatic carbocycles. The number of thiol groups is 1. The van der Waals surface area contributed by atoms with E-state index in [0.717, 1.165) is 50.6 Å². The van der Waals surface area contributed by atoms with Crippen LogP contribution in [0.15, 0.2) is 48.2 Å². The average Bonchev–Trinajstić information content (AvgIpc) is 3.60. The van der Waals surface area contributed by atoms with Crippen molar-refractivity contribution in [1.82, 2.24) is 9.62 Å². The number of fused-ring (bicyclic) bond motifs is 2. The summed E-state index contributed by atoms with van der Waals surface area (Å²) in [7, 11) is -2.92. The van der Waals surface area contributed by atoms with Gasteiger partial charge >= 0.3 is 0 Å². The maximum Gasteiger partial charge on any atom is 0.255 e. The van der Waals surface area contributed by atoms with Gasteiger partial charge in [0.15, 0.2) is 0 Å². The second-order valence-corrected chi connectivity index (χ2v) is 9.97. The molecule has 8 heteroatoms. The minimum atomic E-state index is -2.92. The molecule has 1 heterocycles. The van der Waals surface area contributed by atoms with Crippen molar-refractivity contribution in [3.05, 3.63) is 76.0 Å². The summed E-state index contributed by atoms with van der Waals surface area (Å²) in [4.78, 5) is 28.6. The van der Waals surface area contributed by atoms with Crippen LogP contribution in [0.25, 0.3) is 0 Å². The molecule has 7 nitrogen and oxygen atoms in total. The lowest BCUT2D eigenvalue weighted by Crippen LogP contribution is -2.40. The Kier molecular flexibility index (Phi) is 6.41. The Balaban J connectivity index is 1.47. The minimum Gasteiger partial charge on any atom is -0.331 e. The molecule has 0 radical (unpaired) electrons. The summed E-state index contributed by atoms with van der Waals surface area (Å²) in [6.45, 7) is 0.517. The zero-order chi connectivity index (χ0) is 23.7. The molecule has 3 aliphatic rings. The summed E-state index contributed by atoms with van der Waals surface area (Å²) in [5, 5.41) is 3.16. The van der Waals surface area contributed by atoms with Gasteiger partial charge in [-0.1, -0.05) is 24.3 Å². The zero-order valence-corrected chi connectivity index (χ0v) is 19.9. The standard InChI is InChI=1S/C26H29N3O4S/c30-25(28-24-20-11-4-9-18(20)15-19-10-5-12-21(19)24)22(16-27-34(32)33)23-13-6-14-29(23)26(31)17-7-2-1-3-8-17/h1-3,7-8,15-16,23,34H,4-6,9-14H2,(H,28,30)(H,27,32,33). The molecule has 5 rings (SSSR count). The molecule has 2 aromatic rings. The van der Waals surface area contributed by atoms with Crippen molar-refractivity contribution in [2.45, 2.75) is 57.4 Å². The number of aryl methyl sites for hydroxylation is 2. The van der Waals surface area contributed by atoms with Crippen molar-refractivity contribution in [2.24, 2.45) is 0 Å². The number of amides is 2. The van der Waals surface area contributed by atoms with Crippen molar-refractivity contribution in [1.29, 1.82) is 0 Å². The van der Waals surface area contributed by atoms with E-state index in [2.05, 4.69) is 16.1 Å². The molecule has 2 amide bonds. The van der Waals surface area contributed by atoms with E-state index in [1.54, 1.807) is 17.0 Å². The Morgan fingerprint density at radius 3 is 2.26 bits per heavy atom. The Bertz CT molecular complexity index is 1200. The van der Waals surface area contributed by atoms with Crippen LogP contribution in [0.3, 0.4) is 0 Å². The number of carbonyl (C=O) groups excluding carboxylic acids is 2. The molecule has 1 atom stereocenters. The van der Waals surface area contributed by atoms with Crippen molar-refractivity contribution in [3.8, 4) is 0 Å². The Hall–Kier alpha value is -3.13. The molecule has 34 heavy (non-hydrogen) atoms. The van der Waals surface area contributed by atoms with Gasteiger partial charge in [-0.2, -0.15) is 0 Å². The van der Waals surface area contributed by atoms with Gasteiger partial charge in [0.25, 0.3) is 11.8 Å². The number of nitrogens with zero attached hydrogens (tertiary/aromatic N) is 1. The van der Waals surface area contributed by atoms with E-state index in [-0.39, 0.29) is 17.4 Å². The molecule has 0 bridgehead atoms. The molecule has 2 N–H and O–H groups in total. The first-order valence-electron chi connectivity index (χ1n) is 12.0.